The average molecular weight is 290 g/mol. The summed E-state index contributed by atoms with van der Waals surface area (Å²) in [6.07, 6.45) is 3.97. The van der Waals surface area contributed by atoms with Gasteiger partial charge in [-0.3, -0.25) is 0 Å². The van der Waals surface area contributed by atoms with Gasteiger partial charge < -0.3 is 5.73 Å². The second kappa shape index (κ2) is 5.55. The van der Waals surface area contributed by atoms with Crippen molar-refractivity contribution >= 4 is 11.6 Å². The summed E-state index contributed by atoms with van der Waals surface area (Å²) >= 11 is 5.80. The van der Waals surface area contributed by atoms with Gasteiger partial charge >= 0.3 is 0 Å². The van der Waals surface area contributed by atoms with Gasteiger partial charge in [-0.1, -0.05) is 41.9 Å². The van der Waals surface area contributed by atoms with Crippen LogP contribution in [0.3, 0.4) is 0 Å². The molecule has 2 aromatic rings. The number of aryl methyl sites for hydroxylation is 2. The summed E-state index contributed by atoms with van der Waals surface area (Å²) in [7, 11) is 0. The first-order chi connectivity index (χ1) is 9.65. The molecule has 20 heavy (non-hydrogen) atoms. The van der Waals surface area contributed by atoms with Gasteiger partial charge in [-0.25, -0.2) is 4.39 Å². The van der Waals surface area contributed by atoms with Gasteiger partial charge in [-0.2, -0.15) is 0 Å². The van der Waals surface area contributed by atoms with Crippen molar-refractivity contribution in [1.82, 2.24) is 0 Å². The minimum absolute atomic E-state index is 0.156. The molecule has 0 radical (unpaired) electrons. The molecule has 0 bridgehead atoms. The fourth-order valence-electron chi connectivity index (χ4n) is 2.88. The molecule has 2 aromatic carbocycles. The molecule has 0 saturated carbocycles. The van der Waals surface area contributed by atoms with Gasteiger partial charge in [0.15, 0.2) is 0 Å². The smallest absolute Gasteiger partial charge is 0.145 e. The van der Waals surface area contributed by atoms with Crippen LogP contribution in [0, 0.1) is 5.82 Å². The molecule has 3 heteroatoms. The van der Waals surface area contributed by atoms with Gasteiger partial charge in [-0.15, -0.1) is 0 Å². The van der Waals surface area contributed by atoms with Crippen LogP contribution in [0.4, 0.5) is 4.39 Å². The number of nitrogens with two attached hydrogens (primary N) is 1. The van der Waals surface area contributed by atoms with Crippen LogP contribution in [0.2, 0.25) is 5.02 Å². The molecule has 1 atom stereocenters. The van der Waals surface area contributed by atoms with Crippen molar-refractivity contribution in [3.05, 3.63) is 69.5 Å². The van der Waals surface area contributed by atoms with Crippen LogP contribution in [0.5, 0.6) is 0 Å². The normalized spacial score (nSPS) is 15.2. The van der Waals surface area contributed by atoms with Crippen LogP contribution in [0.25, 0.3) is 0 Å². The molecule has 2 N–H and O–H groups in total. The fraction of sp³-hybridized carbons (Fsp3) is 0.294. The molecule has 104 valence electrons. The Bertz CT molecular complexity index is 639. The first-order valence-corrected chi connectivity index (χ1v) is 7.33. The fourth-order valence-corrected chi connectivity index (χ4v) is 3.08. The zero-order valence-corrected chi connectivity index (χ0v) is 12.0. The highest BCUT2D eigenvalue weighted by Gasteiger charge is 2.16. The summed E-state index contributed by atoms with van der Waals surface area (Å²) in [5.41, 5.74) is 10.7. The minimum Gasteiger partial charge on any atom is -0.324 e. The predicted octanol–water partition coefficient (Wildman–Crippen LogP) is 4.21. The number of rotatable bonds is 3. The van der Waals surface area contributed by atoms with E-state index in [0.717, 1.165) is 18.4 Å². The molecule has 0 spiro atoms. The lowest BCUT2D eigenvalue weighted by atomic mass is 9.96. The van der Waals surface area contributed by atoms with Crippen LogP contribution in [0.15, 0.2) is 36.4 Å². The highest BCUT2D eigenvalue weighted by Crippen LogP contribution is 2.27. The number of benzene rings is 2. The van der Waals surface area contributed by atoms with E-state index in [0.29, 0.717) is 12.0 Å². The van der Waals surface area contributed by atoms with Crippen molar-refractivity contribution in [2.45, 2.75) is 31.7 Å². The largest absolute Gasteiger partial charge is 0.324 e. The SMILES string of the molecule is NC(Cc1cccc(Cl)c1F)c1ccc2c(c1)CCC2. The monoisotopic (exact) mass is 289 g/mol. The maximum Gasteiger partial charge on any atom is 0.145 e. The molecule has 0 heterocycles. The Kier molecular flexibility index (Phi) is 3.77. The van der Waals surface area contributed by atoms with E-state index in [-0.39, 0.29) is 16.9 Å². The number of halogens is 2. The van der Waals surface area contributed by atoms with E-state index in [1.807, 2.05) is 0 Å². The molecule has 1 aliphatic carbocycles. The van der Waals surface area contributed by atoms with Crippen molar-refractivity contribution in [2.75, 3.05) is 0 Å². The van der Waals surface area contributed by atoms with Crippen LogP contribution in [0.1, 0.15) is 34.7 Å². The molecule has 0 saturated heterocycles. The molecule has 0 fully saturated rings. The van der Waals surface area contributed by atoms with Gasteiger partial charge in [-0.05, 0) is 54.0 Å². The molecule has 3 rings (SSSR count). The van der Waals surface area contributed by atoms with Crippen molar-refractivity contribution in [3.8, 4) is 0 Å². The standard InChI is InChI=1S/C17H17ClFN/c18-15-6-2-5-14(17(15)19)10-16(20)13-8-7-11-3-1-4-12(11)9-13/h2,5-9,16H,1,3-4,10,20H2. The summed E-state index contributed by atoms with van der Waals surface area (Å²) in [5, 5.41) is 0.156. The van der Waals surface area contributed by atoms with E-state index >= 15 is 0 Å². The molecular weight excluding hydrogens is 273 g/mol. The highest BCUT2D eigenvalue weighted by atomic mass is 35.5. The lowest BCUT2D eigenvalue weighted by Gasteiger charge is -2.14. The number of hydrogen-bond acceptors (Lipinski definition) is 1. The van der Waals surface area contributed by atoms with Crippen molar-refractivity contribution < 1.29 is 4.39 Å². The van der Waals surface area contributed by atoms with Gasteiger partial charge in [0.25, 0.3) is 0 Å². The topological polar surface area (TPSA) is 26.0 Å². The Balaban J connectivity index is 1.82. The highest BCUT2D eigenvalue weighted by molar-refractivity contribution is 6.30. The van der Waals surface area contributed by atoms with E-state index in [2.05, 4.69) is 18.2 Å². The Morgan fingerprint density at radius 3 is 2.80 bits per heavy atom. The third kappa shape index (κ3) is 2.58. The summed E-state index contributed by atoms with van der Waals surface area (Å²) in [4.78, 5) is 0. The van der Waals surface area contributed by atoms with Crippen LogP contribution in [-0.4, -0.2) is 0 Å². The summed E-state index contributed by atoms with van der Waals surface area (Å²) < 4.78 is 13.9. The quantitative estimate of drug-likeness (QED) is 0.900. The number of hydrogen-bond donors (Lipinski definition) is 1. The third-order valence-electron chi connectivity index (χ3n) is 4.02. The van der Waals surface area contributed by atoms with Gasteiger partial charge in [0, 0.05) is 6.04 Å². The van der Waals surface area contributed by atoms with Crippen molar-refractivity contribution in [1.29, 1.82) is 0 Å². The van der Waals surface area contributed by atoms with Crippen LogP contribution in [-0.2, 0) is 19.3 Å². The van der Waals surface area contributed by atoms with Gasteiger partial charge in [0.2, 0.25) is 0 Å². The van der Waals surface area contributed by atoms with Crippen LogP contribution >= 0.6 is 11.6 Å². The summed E-state index contributed by atoms with van der Waals surface area (Å²) in [6, 6.07) is 11.3. The maximum atomic E-state index is 13.9. The van der Waals surface area contributed by atoms with Gasteiger partial charge in [0.05, 0.1) is 5.02 Å². The van der Waals surface area contributed by atoms with E-state index in [9.17, 15) is 4.39 Å². The average Bonchev–Trinajstić information content (AvgIpc) is 2.91. The molecule has 0 aliphatic heterocycles. The molecule has 1 unspecified atom stereocenters. The van der Waals surface area contributed by atoms with E-state index in [1.54, 1.807) is 18.2 Å². The lowest BCUT2D eigenvalue weighted by Crippen LogP contribution is -2.14. The zero-order chi connectivity index (χ0) is 14.1. The summed E-state index contributed by atoms with van der Waals surface area (Å²) in [6.45, 7) is 0. The van der Waals surface area contributed by atoms with E-state index in [4.69, 9.17) is 17.3 Å². The van der Waals surface area contributed by atoms with Gasteiger partial charge in [0.1, 0.15) is 5.82 Å². The molecule has 1 aliphatic rings. The molecule has 0 amide bonds. The number of fused-ring (bicyclic) bond motifs is 1. The first kappa shape index (κ1) is 13.6. The van der Waals surface area contributed by atoms with E-state index in [1.165, 1.54) is 17.5 Å². The zero-order valence-electron chi connectivity index (χ0n) is 11.2. The van der Waals surface area contributed by atoms with Crippen molar-refractivity contribution in [3.63, 3.8) is 0 Å². The Hall–Kier alpha value is -1.38. The van der Waals surface area contributed by atoms with Crippen LogP contribution < -0.4 is 5.73 Å². The Morgan fingerprint density at radius 1 is 1.15 bits per heavy atom. The molecule has 0 aromatic heterocycles. The second-order valence-corrected chi connectivity index (χ2v) is 5.81. The molecular formula is C17H17ClFN. The Morgan fingerprint density at radius 2 is 1.95 bits per heavy atom. The molecule has 1 nitrogen and oxygen atoms in total. The maximum absolute atomic E-state index is 13.9. The first-order valence-electron chi connectivity index (χ1n) is 6.95. The lowest BCUT2D eigenvalue weighted by molar-refractivity contribution is 0.593. The van der Waals surface area contributed by atoms with E-state index < -0.39 is 0 Å². The summed E-state index contributed by atoms with van der Waals surface area (Å²) in [5.74, 6) is -0.356. The minimum atomic E-state index is -0.356. The Labute approximate surface area is 123 Å². The third-order valence-corrected chi connectivity index (χ3v) is 4.31. The second-order valence-electron chi connectivity index (χ2n) is 5.41. The predicted molar refractivity (Wildman–Crippen MR) is 80.5 cm³/mol. The van der Waals surface area contributed by atoms with Crippen molar-refractivity contribution in [2.24, 2.45) is 5.73 Å².